The molecule has 0 aliphatic heterocycles. The number of amides is 1. The second-order valence-corrected chi connectivity index (χ2v) is 6.72. The maximum Gasteiger partial charge on any atom is 0.238 e. The smallest absolute Gasteiger partial charge is 0.238 e. The zero-order valence-corrected chi connectivity index (χ0v) is 17.0. The van der Waals surface area contributed by atoms with Crippen molar-refractivity contribution < 1.29 is 4.79 Å². The van der Waals surface area contributed by atoms with Crippen molar-refractivity contribution >= 4 is 57.6 Å². The van der Waals surface area contributed by atoms with Gasteiger partial charge in [0.2, 0.25) is 5.91 Å². The number of hydrogen-bond donors (Lipinski definition) is 4. The van der Waals surface area contributed by atoms with E-state index in [1.165, 1.54) is 0 Å². The van der Waals surface area contributed by atoms with E-state index in [1.807, 2.05) is 30.9 Å². The van der Waals surface area contributed by atoms with Gasteiger partial charge in [0.25, 0.3) is 0 Å². The lowest BCUT2D eigenvalue weighted by molar-refractivity contribution is -0.117. The first kappa shape index (κ1) is 21.0. The van der Waals surface area contributed by atoms with Crippen LogP contribution in [0.5, 0.6) is 0 Å². The molecule has 8 heteroatoms. The Kier molecular flexibility index (Phi) is 7.84. The van der Waals surface area contributed by atoms with Crippen molar-refractivity contribution in [3.63, 3.8) is 0 Å². The Morgan fingerprint density at radius 2 is 1.63 bits per heavy atom. The quantitative estimate of drug-likeness (QED) is 0.411. The van der Waals surface area contributed by atoms with E-state index < -0.39 is 0 Å². The Bertz CT molecular complexity index is 793. The van der Waals surface area contributed by atoms with E-state index in [-0.39, 0.29) is 5.91 Å². The van der Waals surface area contributed by atoms with Crippen LogP contribution >= 0.6 is 23.8 Å². The number of nitrogens with zero attached hydrogens (tertiary/aromatic N) is 1. The van der Waals surface area contributed by atoms with Crippen molar-refractivity contribution in [2.75, 3.05) is 41.3 Å². The summed E-state index contributed by atoms with van der Waals surface area (Å²) >= 11 is 11.6. The highest BCUT2D eigenvalue weighted by atomic mass is 35.5. The Hall–Kier alpha value is -2.35. The fourth-order valence-corrected chi connectivity index (χ4v) is 2.86. The van der Waals surface area contributed by atoms with E-state index in [4.69, 9.17) is 29.6 Å². The maximum absolute atomic E-state index is 12.1. The molecule has 0 aliphatic carbocycles. The molecule has 0 aromatic heterocycles. The number of halogens is 1. The highest BCUT2D eigenvalue weighted by Crippen LogP contribution is 2.25. The average molecular weight is 406 g/mol. The number of nitrogen functional groups attached to an aromatic ring is 1. The molecular weight excluding hydrogens is 382 g/mol. The fourth-order valence-electron chi connectivity index (χ4n) is 2.39. The number of carbonyl (C=O) groups excluding carboxylic acids is 1. The predicted octanol–water partition coefficient (Wildman–Crippen LogP) is 4.01. The second kappa shape index (κ2) is 10.1. The minimum atomic E-state index is -0.0955. The van der Waals surface area contributed by atoms with E-state index in [0.717, 1.165) is 24.5 Å². The van der Waals surface area contributed by atoms with Crippen LogP contribution in [-0.4, -0.2) is 35.6 Å². The summed E-state index contributed by atoms with van der Waals surface area (Å²) in [5.74, 6) is -0.0955. The van der Waals surface area contributed by atoms with Crippen LogP contribution in [0.15, 0.2) is 42.5 Å². The molecule has 5 N–H and O–H groups in total. The third kappa shape index (κ3) is 6.71. The number of anilines is 4. The SMILES string of the molecule is CCN(CC)CC(=O)Nc1ccc(NC(=S)Nc2ccc(N)cc2)cc1Cl. The zero-order chi connectivity index (χ0) is 19.8. The van der Waals surface area contributed by atoms with Gasteiger partial charge in [-0.25, -0.2) is 0 Å². The maximum atomic E-state index is 12.1. The van der Waals surface area contributed by atoms with Crippen LogP contribution in [0, 0.1) is 0 Å². The van der Waals surface area contributed by atoms with Gasteiger partial charge in [-0.1, -0.05) is 25.4 Å². The molecule has 1 amide bonds. The van der Waals surface area contributed by atoms with Crippen LogP contribution in [0.2, 0.25) is 5.02 Å². The number of nitrogens with one attached hydrogen (secondary N) is 3. The van der Waals surface area contributed by atoms with Gasteiger partial charge >= 0.3 is 0 Å². The van der Waals surface area contributed by atoms with Crippen LogP contribution in [0.25, 0.3) is 0 Å². The second-order valence-electron chi connectivity index (χ2n) is 5.91. The van der Waals surface area contributed by atoms with Crippen molar-refractivity contribution in [1.29, 1.82) is 0 Å². The molecule has 2 rings (SSSR count). The summed E-state index contributed by atoms with van der Waals surface area (Å²) in [5, 5.41) is 9.82. The van der Waals surface area contributed by atoms with Gasteiger partial charge in [-0.05, 0) is 67.8 Å². The minimum absolute atomic E-state index is 0.0955. The lowest BCUT2D eigenvalue weighted by atomic mass is 10.2. The number of benzene rings is 2. The number of nitrogens with two attached hydrogens (primary N) is 1. The number of carbonyl (C=O) groups is 1. The molecule has 0 saturated carbocycles. The van der Waals surface area contributed by atoms with Crippen LogP contribution in [0.4, 0.5) is 22.7 Å². The number of hydrogen-bond acceptors (Lipinski definition) is 4. The highest BCUT2D eigenvalue weighted by molar-refractivity contribution is 7.80. The molecule has 0 radical (unpaired) electrons. The van der Waals surface area contributed by atoms with E-state index in [0.29, 0.717) is 28.1 Å². The molecule has 0 atom stereocenters. The molecule has 2 aromatic rings. The fraction of sp³-hybridized carbons (Fsp3) is 0.263. The number of likely N-dealkylation sites (N-methyl/N-ethyl adjacent to an activating group) is 1. The van der Waals surface area contributed by atoms with Crippen LogP contribution in [0.3, 0.4) is 0 Å². The first-order chi connectivity index (χ1) is 12.9. The lowest BCUT2D eigenvalue weighted by Gasteiger charge is -2.18. The van der Waals surface area contributed by atoms with Gasteiger partial charge in [0.05, 0.1) is 17.3 Å². The topological polar surface area (TPSA) is 82.4 Å². The summed E-state index contributed by atoms with van der Waals surface area (Å²) in [6.07, 6.45) is 0. The summed E-state index contributed by atoms with van der Waals surface area (Å²) in [6, 6.07) is 12.5. The van der Waals surface area contributed by atoms with Crippen molar-refractivity contribution in [2.45, 2.75) is 13.8 Å². The van der Waals surface area contributed by atoms with E-state index >= 15 is 0 Å². The number of thiocarbonyl (C=S) groups is 1. The molecule has 6 nitrogen and oxygen atoms in total. The minimum Gasteiger partial charge on any atom is -0.399 e. The summed E-state index contributed by atoms with van der Waals surface area (Å²) in [4.78, 5) is 14.1. The Balaban J connectivity index is 1.94. The van der Waals surface area contributed by atoms with Gasteiger partial charge in [0.1, 0.15) is 0 Å². The van der Waals surface area contributed by atoms with Crippen molar-refractivity contribution in [1.82, 2.24) is 4.90 Å². The van der Waals surface area contributed by atoms with Gasteiger partial charge in [0.15, 0.2) is 5.11 Å². The summed E-state index contributed by atoms with van der Waals surface area (Å²) in [5.41, 5.74) is 8.46. The van der Waals surface area contributed by atoms with E-state index in [2.05, 4.69) is 16.0 Å². The molecule has 0 fully saturated rings. The first-order valence-corrected chi connectivity index (χ1v) is 9.45. The molecule has 27 heavy (non-hydrogen) atoms. The van der Waals surface area contributed by atoms with Crippen LogP contribution in [0.1, 0.15) is 13.8 Å². The summed E-state index contributed by atoms with van der Waals surface area (Å²) < 4.78 is 0. The standard InChI is InChI=1S/C19H24ClN5OS/c1-3-25(4-2)12-18(26)24-17-10-9-15(11-16(17)20)23-19(27)22-14-7-5-13(21)6-8-14/h5-11H,3-4,12,21H2,1-2H3,(H,24,26)(H2,22,23,27). The van der Waals surface area contributed by atoms with Crippen LogP contribution in [-0.2, 0) is 4.79 Å². The first-order valence-electron chi connectivity index (χ1n) is 8.66. The molecule has 0 spiro atoms. The Morgan fingerprint density at radius 3 is 2.22 bits per heavy atom. The Morgan fingerprint density at radius 1 is 1.04 bits per heavy atom. The van der Waals surface area contributed by atoms with Gasteiger partial charge < -0.3 is 21.7 Å². The van der Waals surface area contributed by atoms with Gasteiger partial charge in [0, 0.05) is 17.1 Å². The largest absolute Gasteiger partial charge is 0.399 e. The molecule has 2 aromatic carbocycles. The van der Waals surface area contributed by atoms with Crippen molar-refractivity contribution in [2.24, 2.45) is 0 Å². The van der Waals surface area contributed by atoms with Crippen LogP contribution < -0.4 is 21.7 Å². The molecule has 0 unspecified atom stereocenters. The molecule has 0 aliphatic rings. The van der Waals surface area contributed by atoms with Gasteiger partial charge in [-0.3, -0.25) is 9.69 Å². The zero-order valence-electron chi connectivity index (χ0n) is 15.4. The van der Waals surface area contributed by atoms with Gasteiger partial charge in [-0.15, -0.1) is 0 Å². The molecule has 0 saturated heterocycles. The third-order valence-electron chi connectivity index (χ3n) is 3.93. The molecular formula is C19H24ClN5OS. The third-order valence-corrected chi connectivity index (χ3v) is 4.45. The monoisotopic (exact) mass is 405 g/mol. The predicted molar refractivity (Wildman–Crippen MR) is 119 cm³/mol. The lowest BCUT2D eigenvalue weighted by Crippen LogP contribution is -2.32. The van der Waals surface area contributed by atoms with Crippen molar-refractivity contribution in [3.8, 4) is 0 Å². The van der Waals surface area contributed by atoms with Crippen molar-refractivity contribution in [3.05, 3.63) is 47.5 Å². The summed E-state index contributed by atoms with van der Waals surface area (Å²) in [6.45, 7) is 6.01. The van der Waals surface area contributed by atoms with E-state index in [9.17, 15) is 4.79 Å². The molecule has 0 heterocycles. The molecule has 144 valence electrons. The Labute approximate surface area is 170 Å². The molecule has 0 bridgehead atoms. The number of rotatable bonds is 7. The van der Waals surface area contributed by atoms with Gasteiger partial charge in [-0.2, -0.15) is 0 Å². The normalized spacial score (nSPS) is 10.5. The highest BCUT2D eigenvalue weighted by Gasteiger charge is 2.10. The average Bonchev–Trinajstić information content (AvgIpc) is 2.64. The summed E-state index contributed by atoms with van der Waals surface area (Å²) in [7, 11) is 0. The van der Waals surface area contributed by atoms with E-state index in [1.54, 1.807) is 30.3 Å².